The summed E-state index contributed by atoms with van der Waals surface area (Å²) < 4.78 is 14.5. The van der Waals surface area contributed by atoms with Gasteiger partial charge in [0.2, 0.25) is 0 Å². The molecule has 2 heterocycles. The third-order valence-electron chi connectivity index (χ3n) is 6.74. The fourth-order valence-electron chi connectivity index (χ4n) is 4.54. The molecular weight excluding hydrogens is 467 g/mol. The Labute approximate surface area is 218 Å². The van der Waals surface area contributed by atoms with Gasteiger partial charge in [-0.1, -0.05) is 13.0 Å². The molecule has 37 heavy (non-hydrogen) atoms. The van der Waals surface area contributed by atoms with E-state index in [0.29, 0.717) is 41.0 Å². The number of alkyl halides is 1. The van der Waals surface area contributed by atoms with Gasteiger partial charge in [-0.15, -0.1) is 0 Å². The Hall–Kier alpha value is -3.52. The molecule has 2 aromatic heterocycles. The molecule has 1 aliphatic rings. The summed E-state index contributed by atoms with van der Waals surface area (Å²) in [4.78, 5) is 23.8. The number of halogens is 1. The van der Waals surface area contributed by atoms with Crippen LogP contribution in [0.25, 0.3) is 0 Å². The first-order valence-electron chi connectivity index (χ1n) is 12.9. The Bertz CT molecular complexity index is 1250. The van der Waals surface area contributed by atoms with E-state index in [-0.39, 0.29) is 5.91 Å². The fourth-order valence-corrected chi connectivity index (χ4v) is 4.54. The van der Waals surface area contributed by atoms with Gasteiger partial charge in [-0.3, -0.25) is 9.78 Å². The lowest BCUT2D eigenvalue weighted by Gasteiger charge is -2.30. The van der Waals surface area contributed by atoms with Crippen LogP contribution in [-0.4, -0.2) is 47.5 Å². The number of amides is 1. The second-order valence-electron chi connectivity index (χ2n) is 10.4. The van der Waals surface area contributed by atoms with Crippen molar-refractivity contribution < 1.29 is 9.18 Å². The van der Waals surface area contributed by atoms with Crippen molar-refractivity contribution in [3.05, 3.63) is 71.2 Å². The van der Waals surface area contributed by atoms with Crippen molar-refractivity contribution in [3.8, 4) is 0 Å². The Morgan fingerprint density at radius 3 is 2.59 bits per heavy atom. The van der Waals surface area contributed by atoms with E-state index in [1.54, 1.807) is 24.5 Å². The highest BCUT2D eigenvalue weighted by atomic mass is 19.1. The first-order valence-corrected chi connectivity index (χ1v) is 12.9. The SMILES string of the molecule is CCCNC(=O)c1cnc(Nc2ccc3c(c2)CC(N(C)C)CC3)cc1Nc1ccnc(C(C)(C)F)c1. The van der Waals surface area contributed by atoms with Crippen LogP contribution in [0.3, 0.4) is 0 Å². The molecule has 4 rings (SSSR count). The Kier molecular flexibility index (Phi) is 8.07. The number of carbonyl (C=O) groups excluding carboxylic acids is 1. The van der Waals surface area contributed by atoms with Gasteiger partial charge in [0, 0.05) is 42.4 Å². The highest BCUT2D eigenvalue weighted by Crippen LogP contribution is 2.30. The molecule has 1 unspecified atom stereocenters. The van der Waals surface area contributed by atoms with Crippen molar-refractivity contribution in [1.29, 1.82) is 0 Å². The monoisotopic (exact) mass is 504 g/mol. The van der Waals surface area contributed by atoms with Crippen LogP contribution >= 0.6 is 0 Å². The van der Waals surface area contributed by atoms with Gasteiger partial charge in [0.1, 0.15) is 11.5 Å². The second-order valence-corrected chi connectivity index (χ2v) is 10.4. The van der Waals surface area contributed by atoms with Crippen molar-refractivity contribution in [2.75, 3.05) is 31.3 Å². The molecule has 7 nitrogen and oxygen atoms in total. The van der Waals surface area contributed by atoms with E-state index < -0.39 is 5.67 Å². The number of nitrogens with one attached hydrogen (secondary N) is 3. The van der Waals surface area contributed by atoms with Crippen LogP contribution in [0.5, 0.6) is 0 Å². The van der Waals surface area contributed by atoms with Crippen LogP contribution in [0, 0.1) is 0 Å². The number of nitrogens with zero attached hydrogens (tertiary/aromatic N) is 3. The summed E-state index contributed by atoms with van der Waals surface area (Å²) in [6, 6.07) is 12.2. The first-order chi connectivity index (χ1) is 17.6. The number of aryl methyl sites for hydroxylation is 1. The van der Waals surface area contributed by atoms with E-state index in [4.69, 9.17) is 0 Å². The summed E-state index contributed by atoms with van der Waals surface area (Å²) in [7, 11) is 4.27. The summed E-state index contributed by atoms with van der Waals surface area (Å²) in [6.07, 6.45) is 7.22. The van der Waals surface area contributed by atoms with Crippen LogP contribution in [0.1, 0.15) is 60.8 Å². The van der Waals surface area contributed by atoms with Gasteiger partial charge in [-0.05, 0) is 89.0 Å². The van der Waals surface area contributed by atoms with Gasteiger partial charge in [0.15, 0.2) is 0 Å². The highest BCUT2D eigenvalue weighted by molar-refractivity contribution is 6.00. The average Bonchev–Trinajstić information content (AvgIpc) is 2.86. The molecule has 8 heteroatoms. The minimum atomic E-state index is -1.58. The van der Waals surface area contributed by atoms with Crippen molar-refractivity contribution in [2.45, 2.75) is 58.2 Å². The Morgan fingerprint density at radius 2 is 1.86 bits per heavy atom. The standard InChI is InChI=1S/C29H37FN6O/c1-6-12-32-28(37)24-18-33-27(17-25(24)34-22-11-13-31-26(16-22)29(2,3)30)35-21-9-7-19-8-10-23(36(4)5)15-20(19)14-21/h7,9,11,13-14,16-18,23H,6,8,10,12,15H2,1-5H3,(H,32,37)(H2,31,33,34,35). The van der Waals surface area contributed by atoms with E-state index in [9.17, 15) is 9.18 Å². The van der Waals surface area contributed by atoms with E-state index in [1.165, 1.54) is 31.4 Å². The second kappa shape index (κ2) is 11.3. The summed E-state index contributed by atoms with van der Waals surface area (Å²) >= 11 is 0. The van der Waals surface area contributed by atoms with Gasteiger partial charge in [0.05, 0.1) is 16.9 Å². The number of fused-ring (bicyclic) bond motifs is 1. The summed E-state index contributed by atoms with van der Waals surface area (Å²) in [5.41, 5.74) is 4.05. The highest BCUT2D eigenvalue weighted by Gasteiger charge is 2.22. The minimum Gasteiger partial charge on any atom is -0.355 e. The van der Waals surface area contributed by atoms with Gasteiger partial charge >= 0.3 is 0 Å². The zero-order valence-electron chi connectivity index (χ0n) is 22.4. The molecule has 0 saturated heterocycles. The van der Waals surface area contributed by atoms with Crippen LogP contribution < -0.4 is 16.0 Å². The number of hydrogen-bond donors (Lipinski definition) is 3. The van der Waals surface area contributed by atoms with Gasteiger partial charge < -0.3 is 20.9 Å². The molecule has 0 radical (unpaired) electrons. The van der Waals surface area contributed by atoms with Gasteiger partial charge in [-0.2, -0.15) is 0 Å². The molecule has 1 atom stereocenters. The molecule has 1 aliphatic carbocycles. The number of carbonyl (C=O) groups is 1. The maximum absolute atomic E-state index is 14.5. The number of hydrogen-bond acceptors (Lipinski definition) is 6. The van der Waals surface area contributed by atoms with Crippen LogP contribution in [0.15, 0.2) is 48.8 Å². The van der Waals surface area contributed by atoms with E-state index in [1.807, 2.05) is 13.0 Å². The van der Waals surface area contributed by atoms with Gasteiger partial charge in [0.25, 0.3) is 5.91 Å². The van der Waals surface area contributed by atoms with Crippen LogP contribution in [0.4, 0.5) is 27.3 Å². The predicted molar refractivity (Wildman–Crippen MR) is 148 cm³/mol. The molecule has 0 saturated carbocycles. The molecule has 0 aliphatic heterocycles. The molecule has 0 bridgehead atoms. The topological polar surface area (TPSA) is 82.2 Å². The molecule has 3 aromatic rings. The summed E-state index contributed by atoms with van der Waals surface area (Å²) in [5.74, 6) is 0.390. The number of likely N-dealkylation sites (N-methyl/N-ethyl adjacent to an activating group) is 1. The summed E-state index contributed by atoms with van der Waals surface area (Å²) in [5, 5.41) is 9.60. The van der Waals surface area contributed by atoms with Crippen LogP contribution in [0.2, 0.25) is 0 Å². The molecule has 1 amide bonds. The Morgan fingerprint density at radius 1 is 1.08 bits per heavy atom. The molecule has 0 fully saturated rings. The zero-order valence-corrected chi connectivity index (χ0v) is 22.4. The number of anilines is 4. The molecule has 0 spiro atoms. The lowest BCUT2D eigenvalue weighted by molar-refractivity contribution is 0.0954. The predicted octanol–water partition coefficient (Wildman–Crippen LogP) is 5.73. The quantitative estimate of drug-likeness (QED) is 0.345. The smallest absolute Gasteiger partial charge is 0.254 e. The number of pyridine rings is 2. The van der Waals surface area contributed by atoms with Crippen LogP contribution in [-0.2, 0) is 18.5 Å². The van der Waals surface area contributed by atoms with E-state index >= 15 is 0 Å². The first kappa shape index (κ1) is 26.5. The van der Waals surface area contributed by atoms with E-state index in [2.05, 4.69) is 63.1 Å². The zero-order chi connectivity index (χ0) is 26.6. The lowest BCUT2D eigenvalue weighted by Crippen LogP contribution is -2.33. The van der Waals surface area contributed by atoms with Crippen molar-refractivity contribution in [3.63, 3.8) is 0 Å². The van der Waals surface area contributed by atoms with Crippen molar-refractivity contribution in [2.24, 2.45) is 0 Å². The van der Waals surface area contributed by atoms with Crippen molar-refractivity contribution in [1.82, 2.24) is 20.2 Å². The third kappa shape index (κ3) is 6.63. The number of aromatic nitrogens is 2. The normalized spacial score (nSPS) is 15.3. The number of rotatable bonds is 9. The fraction of sp³-hybridized carbons (Fsp3) is 0.414. The Balaban J connectivity index is 1.62. The van der Waals surface area contributed by atoms with E-state index in [0.717, 1.165) is 24.9 Å². The minimum absolute atomic E-state index is 0.216. The maximum atomic E-state index is 14.5. The molecule has 1 aromatic carbocycles. The third-order valence-corrected chi connectivity index (χ3v) is 6.74. The average molecular weight is 505 g/mol. The molecule has 3 N–H and O–H groups in total. The number of benzene rings is 1. The molecular formula is C29H37FN6O. The summed E-state index contributed by atoms with van der Waals surface area (Å²) in [6.45, 7) is 5.51. The largest absolute Gasteiger partial charge is 0.355 e. The maximum Gasteiger partial charge on any atom is 0.254 e. The molecule has 196 valence electrons. The van der Waals surface area contributed by atoms with Crippen molar-refractivity contribution >= 4 is 28.8 Å². The lowest BCUT2D eigenvalue weighted by atomic mass is 9.87. The van der Waals surface area contributed by atoms with Gasteiger partial charge in [-0.25, -0.2) is 9.37 Å².